The van der Waals surface area contributed by atoms with Gasteiger partial charge in [-0.2, -0.15) is 0 Å². The van der Waals surface area contributed by atoms with Gasteiger partial charge in [0.05, 0.1) is 11.3 Å². The van der Waals surface area contributed by atoms with E-state index in [0.29, 0.717) is 17.7 Å². The van der Waals surface area contributed by atoms with Crippen LogP contribution in [0.5, 0.6) is 0 Å². The average Bonchev–Trinajstić information content (AvgIpc) is 3.16. The molecular weight excluding hydrogens is 362 g/mol. The highest BCUT2D eigenvalue weighted by atomic mass is 32.2. The van der Waals surface area contributed by atoms with Crippen molar-refractivity contribution in [2.45, 2.75) is 11.8 Å². The summed E-state index contributed by atoms with van der Waals surface area (Å²) in [7, 11) is 5.79. The molecule has 0 spiro atoms. The molecule has 0 radical (unpaired) electrons. The van der Waals surface area contributed by atoms with Crippen molar-refractivity contribution in [2.75, 3.05) is 31.8 Å². The largest absolute Gasteiger partial charge is 0.411 e. The van der Waals surface area contributed by atoms with E-state index in [1.807, 2.05) is 49.3 Å². The van der Waals surface area contributed by atoms with Gasteiger partial charge in [0.1, 0.15) is 0 Å². The molecule has 3 rings (SSSR count). The SMILES string of the molecule is CN(Cc1ccc(N(C)C)cc1)C(=O)CSc1nnc(-c2cccnc2)o1. The third-order valence-electron chi connectivity index (χ3n) is 3.93. The Kier molecular flexibility index (Phi) is 6.08. The Morgan fingerprint density at radius 3 is 2.56 bits per heavy atom. The zero-order valence-electron chi connectivity index (χ0n) is 15.5. The predicted octanol–water partition coefficient (Wildman–Crippen LogP) is 2.95. The lowest BCUT2D eigenvalue weighted by Gasteiger charge is -2.18. The Hall–Kier alpha value is -2.87. The van der Waals surface area contributed by atoms with E-state index in [2.05, 4.69) is 15.2 Å². The molecule has 2 aromatic heterocycles. The minimum atomic E-state index is -0.00202. The van der Waals surface area contributed by atoms with E-state index in [1.54, 1.807) is 30.4 Å². The molecule has 7 nitrogen and oxygen atoms in total. The minimum absolute atomic E-state index is 0.00202. The Morgan fingerprint density at radius 2 is 1.89 bits per heavy atom. The summed E-state index contributed by atoms with van der Waals surface area (Å²) in [6.07, 6.45) is 3.33. The topological polar surface area (TPSA) is 75.4 Å². The number of amides is 1. The highest BCUT2D eigenvalue weighted by molar-refractivity contribution is 7.99. The van der Waals surface area contributed by atoms with Gasteiger partial charge in [0.2, 0.25) is 11.8 Å². The Morgan fingerprint density at radius 1 is 1.11 bits per heavy atom. The fourth-order valence-corrected chi connectivity index (χ4v) is 3.07. The summed E-state index contributed by atoms with van der Waals surface area (Å²) in [6.45, 7) is 0.553. The van der Waals surface area contributed by atoms with E-state index in [4.69, 9.17) is 4.42 Å². The van der Waals surface area contributed by atoms with Crippen molar-refractivity contribution in [1.29, 1.82) is 0 Å². The van der Waals surface area contributed by atoms with Crippen LogP contribution in [0.2, 0.25) is 0 Å². The van der Waals surface area contributed by atoms with E-state index in [0.717, 1.165) is 16.8 Å². The second-order valence-corrected chi connectivity index (χ2v) is 7.14. The molecule has 27 heavy (non-hydrogen) atoms. The molecule has 140 valence electrons. The molecule has 0 aliphatic rings. The highest BCUT2D eigenvalue weighted by Crippen LogP contribution is 2.22. The van der Waals surface area contributed by atoms with E-state index in [9.17, 15) is 4.79 Å². The van der Waals surface area contributed by atoms with Crippen molar-refractivity contribution in [3.63, 3.8) is 0 Å². The molecule has 8 heteroatoms. The number of anilines is 1. The molecule has 2 heterocycles. The smallest absolute Gasteiger partial charge is 0.277 e. The summed E-state index contributed by atoms with van der Waals surface area (Å²) in [6, 6.07) is 11.8. The van der Waals surface area contributed by atoms with Crippen LogP contribution in [0.1, 0.15) is 5.56 Å². The van der Waals surface area contributed by atoms with Gasteiger partial charge in [-0.3, -0.25) is 9.78 Å². The molecule has 1 amide bonds. The predicted molar refractivity (Wildman–Crippen MR) is 105 cm³/mol. The molecule has 0 saturated carbocycles. The molecule has 1 aromatic carbocycles. The molecular formula is C19H21N5O2S. The van der Waals surface area contributed by atoms with Crippen LogP contribution in [0, 0.1) is 0 Å². The summed E-state index contributed by atoms with van der Waals surface area (Å²) in [5, 5.41) is 8.34. The number of hydrogen-bond donors (Lipinski definition) is 0. The van der Waals surface area contributed by atoms with Gasteiger partial charge in [-0.05, 0) is 29.8 Å². The maximum atomic E-state index is 12.4. The van der Waals surface area contributed by atoms with Crippen LogP contribution in [0.4, 0.5) is 5.69 Å². The van der Waals surface area contributed by atoms with Gasteiger partial charge in [0.15, 0.2) is 0 Å². The fourth-order valence-electron chi connectivity index (χ4n) is 2.37. The maximum Gasteiger partial charge on any atom is 0.277 e. The van der Waals surface area contributed by atoms with Crippen molar-refractivity contribution in [3.8, 4) is 11.5 Å². The molecule has 0 atom stereocenters. The van der Waals surface area contributed by atoms with Gasteiger partial charge in [-0.15, -0.1) is 10.2 Å². The molecule has 0 aliphatic heterocycles. The summed E-state index contributed by atoms with van der Waals surface area (Å²) >= 11 is 1.23. The van der Waals surface area contributed by atoms with E-state index in [-0.39, 0.29) is 11.7 Å². The number of carbonyl (C=O) groups excluding carboxylic acids is 1. The lowest BCUT2D eigenvalue weighted by molar-refractivity contribution is -0.127. The second kappa shape index (κ2) is 8.68. The number of carbonyl (C=O) groups is 1. The van der Waals surface area contributed by atoms with Crippen molar-refractivity contribution >= 4 is 23.4 Å². The number of nitrogens with zero attached hydrogens (tertiary/aromatic N) is 5. The average molecular weight is 383 g/mol. The summed E-state index contributed by atoms with van der Waals surface area (Å²) in [5.74, 6) is 0.631. The zero-order chi connectivity index (χ0) is 19.2. The maximum absolute atomic E-state index is 12.4. The first-order chi connectivity index (χ1) is 13.0. The minimum Gasteiger partial charge on any atom is -0.411 e. The fraction of sp³-hybridized carbons (Fsp3) is 0.263. The van der Waals surface area contributed by atoms with Crippen LogP contribution < -0.4 is 4.90 Å². The van der Waals surface area contributed by atoms with Crippen LogP contribution in [-0.4, -0.2) is 52.9 Å². The van der Waals surface area contributed by atoms with E-state index in [1.165, 1.54) is 11.8 Å². The summed E-state index contributed by atoms with van der Waals surface area (Å²) in [5.41, 5.74) is 2.96. The quantitative estimate of drug-likeness (QED) is 0.581. The lowest BCUT2D eigenvalue weighted by Crippen LogP contribution is -2.27. The van der Waals surface area contributed by atoms with Gasteiger partial charge in [0.25, 0.3) is 5.22 Å². The first-order valence-electron chi connectivity index (χ1n) is 8.40. The third-order valence-corrected chi connectivity index (χ3v) is 4.74. The molecule has 0 fully saturated rings. The number of aromatic nitrogens is 3. The molecule has 0 bridgehead atoms. The van der Waals surface area contributed by atoms with E-state index < -0.39 is 0 Å². The van der Waals surface area contributed by atoms with Gasteiger partial charge < -0.3 is 14.2 Å². The van der Waals surface area contributed by atoms with Crippen molar-refractivity contribution < 1.29 is 9.21 Å². The van der Waals surface area contributed by atoms with Gasteiger partial charge in [-0.1, -0.05) is 23.9 Å². The van der Waals surface area contributed by atoms with E-state index >= 15 is 0 Å². The molecule has 0 unspecified atom stereocenters. The monoisotopic (exact) mass is 383 g/mol. The Bertz CT molecular complexity index is 881. The molecule has 0 aliphatic carbocycles. The van der Waals surface area contributed by atoms with Crippen LogP contribution in [0.15, 0.2) is 58.4 Å². The third kappa shape index (κ3) is 5.07. The zero-order valence-corrected chi connectivity index (χ0v) is 16.3. The standard InChI is InChI=1S/C19H21N5O2S/c1-23(2)16-8-6-14(7-9-16)12-24(3)17(25)13-27-19-22-21-18(26-19)15-5-4-10-20-11-15/h4-11H,12-13H2,1-3H3. The normalized spacial score (nSPS) is 10.6. The first kappa shape index (κ1) is 18.9. The Balaban J connectivity index is 1.52. The number of thioether (sulfide) groups is 1. The molecule has 0 N–H and O–H groups in total. The Labute approximate surface area is 162 Å². The number of pyridine rings is 1. The lowest BCUT2D eigenvalue weighted by atomic mass is 10.2. The second-order valence-electron chi connectivity index (χ2n) is 6.21. The molecule has 0 saturated heterocycles. The van der Waals surface area contributed by atoms with Gasteiger partial charge in [0, 0.05) is 45.8 Å². The van der Waals surface area contributed by atoms with Crippen molar-refractivity contribution in [1.82, 2.24) is 20.1 Å². The number of hydrogen-bond acceptors (Lipinski definition) is 7. The van der Waals surface area contributed by atoms with Gasteiger partial charge >= 0.3 is 0 Å². The van der Waals surface area contributed by atoms with Crippen molar-refractivity contribution in [2.24, 2.45) is 0 Å². The van der Waals surface area contributed by atoms with Crippen LogP contribution in [0.25, 0.3) is 11.5 Å². The summed E-state index contributed by atoms with van der Waals surface area (Å²) in [4.78, 5) is 20.1. The van der Waals surface area contributed by atoms with Crippen molar-refractivity contribution in [3.05, 3.63) is 54.4 Å². The molecule has 3 aromatic rings. The first-order valence-corrected chi connectivity index (χ1v) is 9.38. The summed E-state index contributed by atoms with van der Waals surface area (Å²) < 4.78 is 5.58. The van der Waals surface area contributed by atoms with Crippen LogP contribution in [-0.2, 0) is 11.3 Å². The highest BCUT2D eigenvalue weighted by Gasteiger charge is 2.14. The van der Waals surface area contributed by atoms with Gasteiger partial charge in [-0.25, -0.2) is 0 Å². The number of rotatable bonds is 7. The van der Waals surface area contributed by atoms with Crippen LogP contribution in [0.3, 0.4) is 0 Å². The van der Waals surface area contributed by atoms with Crippen LogP contribution >= 0.6 is 11.8 Å². The number of benzene rings is 1.